The number of amides is 7. The Labute approximate surface area is 361 Å². The highest BCUT2D eigenvalue weighted by molar-refractivity contribution is 5.97. The fourth-order valence-electron chi connectivity index (χ4n) is 5.75. The van der Waals surface area contributed by atoms with Crippen molar-refractivity contribution in [1.29, 1.82) is 0 Å². The number of aliphatic carboxylic acids is 2. The third-order valence-corrected chi connectivity index (χ3v) is 9.10. The van der Waals surface area contributed by atoms with E-state index in [-0.39, 0.29) is 43.9 Å². The molecule has 1 aromatic heterocycles. The molecule has 0 aliphatic rings. The monoisotopic (exact) mass is 887 g/mol. The molecular formula is C38H57N13O12. The zero-order valence-corrected chi connectivity index (χ0v) is 35.0. The first-order valence-electron chi connectivity index (χ1n) is 19.7. The van der Waals surface area contributed by atoms with Crippen molar-refractivity contribution in [3.05, 3.63) is 48.0 Å². The van der Waals surface area contributed by atoms with Gasteiger partial charge >= 0.3 is 11.9 Å². The van der Waals surface area contributed by atoms with Crippen molar-refractivity contribution in [1.82, 2.24) is 47.2 Å². The normalized spacial score (nSPS) is 13.7. The zero-order valence-electron chi connectivity index (χ0n) is 35.0. The van der Waals surface area contributed by atoms with Crippen LogP contribution in [-0.4, -0.2) is 140 Å². The van der Waals surface area contributed by atoms with Crippen LogP contribution in [0.25, 0.3) is 0 Å². The number of guanidine groups is 1. The molecule has 346 valence electrons. The molecule has 2 rings (SSSR count). The van der Waals surface area contributed by atoms with Crippen LogP contribution in [0.4, 0.5) is 0 Å². The molecule has 0 aliphatic carbocycles. The summed E-state index contributed by atoms with van der Waals surface area (Å²) in [5.74, 6) is -9.55. The number of nitrogens with zero attached hydrogens (tertiary/aromatic N) is 2. The number of nitrogens with two attached hydrogens (primary N) is 3. The zero-order chi connectivity index (χ0) is 47.2. The van der Waals surface area contributed by atoms with E-state index in [1.54, 1.807) is 13.8 Å². The molecule has 2 aromatic rings. The average Bonchev–Trinajstić information content (AvgIpc) is 3.74. The maximum absolute atomic E-state index is 13.8. The van der Waals surface area contributed by atoms with Gasteiger partial charge in [0.2, 0.25) is 41.4 Å². The number of phenolic OH excluding ortho intramolecular Hbond substituents is 1. The van der Waals surface area contributed by atoms with E-state index in [9.17, 15) is 53.4 Å². The van der Waals surface area contributed by atoms with Crippen molar-refractivity contribution in [2.75, 3.05) is 19.6 Å². The summed E-state index contributed by atoms with van der Waals surface area (Å²) >= 11 is 0. The lowest BCUT2D eigenvalue weighted by molar-refractivity contribution is -0.139. The number of aromatic hydroxyl groups is 1. The molecule has 0 aliphatic heterocycles. The number of rotatable bonds is 27. The number of aliphatic imine (C=N–C) groups is 1. The highest BCUT2D eigenvalue weighted by atomic mass is 16.4. The van der Waals surface area contributed by atoms with Crippen molar-refractivity contribution in [2.24, 2.45) is 28.1 Å². The third kappa shape index (κ3) is 19.3. The number of imidazole rings is 1. The summed E-state index contributed by atoms with van der Waals surface area (Å²) in [4.78, 5) is 126. The molecular weight excluding hydrogens is 830 g/mol. The van der Waals surface area contributed by atoms with E-state index in [0.29, 0.717) is 11.3 Å². The van der Waals surface area contributed by atoms with Gasteiger partial charge in [0.05, 0.1) is 12.9 Å². The number of phenols is 1. The lowest BCUT2D eigenvalue weighted by Gasteiger charge is -2.27. The number of benzene rings is 1. The van der Waals surface area contributed by atoms with E-state index in [2.05, 4.69) is 52.2 Å². The largest absolute Gasteiger partial charge is 0.508 e. The molecule has 6 atom stereocenters. The van der Waals surface area contributed by atoms with Gasteiger partial charge in [-0.05, 0) is 49.8 Å². The first kappa shape index (κ1) is 51.8. The Morgan fingerprint density at radius 3 is 1.86 bits per heavy atom. The minimum atomic E-state index is -1.59. The summed E-state index contributed by atoms with van der Waals surface area (Å²) in [5, 5.41) is 45.3. The molecule has 0 spiro atoms. The van der Waals surface area contributed by atoms with Crippen molar-refractivity contribution in [2.45, 2.75) is 95.5 Å². The number of carboxylic acid groups (broad SMARTS) is 2. The van der Waals surface area contributed by atoms with Gasteiger partial charge in [0.1, 0.15) is 48.5 Å². The second-order valence-electron chi connectivity index (χ2n) is 14.6. The SMILES string of the molecule is CC(C)[C@H](NC(=O)[C@H](CCCN=C(N)N)NC(=O)[C@H](CCC(=O)O)NC(=O)[C@H](C)NC(=O)[C@H](Cc1ccc(O)cc1)NC(=O)[C@H](Cc1cnc[nH]1)NC(=O)CN)C(=O)NCC(=O)O. The molecule has 0 saturated heterocycles. The maximum atomic E-state index is 13.8. The molecule has 0 fully saturated rings. The molecule has 0 bridgehead atoms. The van der Waals surface area contributed by atoms with E-state index in [1.807, 2.05) is 0 Å². The number of carboxylic acids is 2. The quantitative estimate of drug-likeness (QED) is 0.0229. The summed E-state index contributed by atoms with van der Waals surface area (Å²) < 4.78 is 0. The van der Waals surface area contributed by atoms with Crippen LogP contribution >= 0.6 is 0 Å². The number of H-pyrrole nitrogens is 1. The van der Waals surface area contributed by atoms with E-state index in [4.69, 9.17) is 22.3 Å². The molecule has 0 unspecified atom stereocenters. The molecule has 1 aromatic carbocycles. The Hall–Kier alpha value is -7.31. The number of aromatic nitrogens is 2. The van der Waals surface area contributed by atoms with Gasteiger partial charge in [0, 0.05) is 37.7 Å². The predicted molar refractivity (Wildman–Crippen MR) is 223 cm³/mol. The van der Waals surface area contributed by atoms with Crippen LogP contribution in [0.15, 0.2) is 41.8 Å². The molecule has 25 heteroatoms. The molecule has 1 heterocycles. The second kappa shape index (κ2) is 26.1. The lowest BCUT2D eigenvalue weighted by Crippen LogP contribution is -2.60. The highest BCUT2D eigenvalue weighted by Gasteiger charge is 2.33. The van der Waals surface area contributed by atoms with Gasteiger partial charge in [-0.15, -0.1) is 0 Å². The molecule has 25 nitrogen and oxygen atoms in total. The standard InChI is InChI=1S/C38H57N13O12/c1-19(2)31(37(63)44-17-30(56)57)51-34(60)24(5-4-12-43-38(40)41)49-33(59)25(10-11-29(54)55)48-32(58)20(3)46-35(61)26(13-21-6-8-23(52)9-7-21)50-36(62)27(47-28(53)15-39)14-22-16-42-18-45-22/h6-9,16,18-20,24-27,31,52H,4-5,10-15,17,39H2,1-3H3,(H,42,45)(H,44,63)(H,46,61)(H,47,53)(H,48,58)(H,49,59)(H,50,62)(H,51,60)(H,54,55)(H,56,57)(H4,40,41,43)/t20-,24-,25-,26-,27-,31-/m0/s1. The minimum absolute atomic E-state index is 0.0204. The third-order valence-electron chi connectivity index (χ3n) is 9.10. The Morgan fingerprint density at radius 1 is 0.714 bits per heavy atom. The van der Waals surface area contributed by atoms with E-state index in [1.165, 1.54) is 43.7 Å². The van der Waals surface area contributed by atoms with Crippen molar-refractivity contribution >= 4 is 59.2 Å². The topological polar surface area (TPSA) is 418 Å². The van der Waals surface area contributed by atoms with Crippen LogP contribution in [0.2, 0.25) is 0 Å². The van der Waals surface area contributed by atoms with Gasteiger partial charge < -0.3 is 74.7 Å². The number of carbonyl (C=O) groups is 9. The first-order chi connectivity index (χ1) is 29.7. The summed E-state index contributed by atoms with van der Waals surface area (Å²) in [7, 11) is 0. The maximum Gasteiger partial charge on any atom is 0.322 e. The fraction of sp³-hybridized carbons (Fsp3) is 0.500. The Balaban J connectivity index is 2.34. The number of nitrogens with one attached hydrogen (secondary N) is 8. The van der Waals surface area contributed by atoms with Gasteiger partial charge in [-0.25, -0.2) is 4.98 Å². The Morgan fingerprint density at radius 2 is 1.29 bits per heavy atom. The Kier molecular flexibility index (Phi) is 21.5. The van der Waals surface area contributed by atoms with Gasteiger partial charge in [0.15, 0.2) is 5.96 Å². The van der Waals surface area contributed by atoms with Crippen LogP contribution in [0, 0.1) is 5.92 Å². The van der Waals surface area contributed by atoms with E-state index >= 15 is 0 Å². The lowest BCUT2D eigenvalue weighted by atomic mass is 10.0. The second-order valence-corrected chi connectivity index (χ2v) is 14.6. The Bertz CT molecular complexity index is 1920. The molecule has 0 saturated carbocycles. The first-order valence-corrected chi connectivity index (χ1v) is 19.7. The predicted octanol–water partition coefficient (Wildman–Crippen LogP) is -4.44. The molecule has 7 amide bonds. The van der Waals surface area contributed by atoms with Crippen LogP contribution in [0.5, 0.6) is 5.75 Å². The van der Waals surface area contributed by atoms with Gasteiger partial charge in [-0.2, -0.15) is 0 Å². The summed E-state index contributed by atoms with van der Waals surface area (Å²) in [5.41, 5.74) is 17.2. The number of aromatic amines is 1. The van der Waals surface area contributed by atoms with Gasteiger partial charge in [-0.3, -0.25) is 48.1 Å². The van der Waals surface area contributed by atoms with Crippen molar-refractivity contribution in [3.63, 3.8) is 0 Å². The van der Waals surface area contributed by atoms with Crippen molar-refractivity contribution in [3.8, 4) is 5.75 Å². The average molecular weight is 888 g/mol. The summed E-state index contributed by atoms with van der Waals surface area (Å²) in [6.07, 6.45) is 1.46. The van der Waals surface area contributed by atoms with E-state index in [0.717, 1.165) is 0 Å². The van der Waals surface area contributed by atoms with Crippen LogP contribution in [0.3, 0.4) is 0 Å². The van der Waals surface area contributed by atoms with Crippen LogP contribution in [0.1, 0.15) is 57.7 Å². The molecule has 63 heavy (non-hydrogen) atoms. The number of hydrogen-bond acceptors (Lipinski definition) is 13. The minimum Gasteiger partial charge on any atom is -0.508 e. The van der Waals surface area contributed by atoms with Gasteiger partial charge in [0.25, 0.3) is 0 Å². The molecule has 17 N–H and O–H groups in total. The summed E-state index contributed by atoms with van der Waals surface area (Å²) in [6, 6.07) is -2.59. The van der Waals surface area contributed by atoms with Crippen LogP contribution in [-0.2, 0) is 56.0 Å². The number of hydrogen-bond donors (Lipinski definition) is 14. The smallest absolute Gasteiger partial charge is 0.322 e. The van der Waals surface area contributed by atoms with Crippen LogP contribution < -0.4 is 54.4 Å². The van der Waals surface area contributed by atoms with Gasteiger partial charge in [-0.1, -0.05) is 26.0 Å². The fourth-order valence-corrected chi connectivity index (χ4v) is 5.75. The highest BCUT2D eigenvalue weighted by Crippen LogP contribution is 2.13. The van der Waals surface area contributed by atoms with E-state index < -0.39 is 121 Å². The van der Waals surface area contributed by atoms with Crippen molar-refractivity contribution < 1.29 is 58.5 Å². The molecule has 0 radical (unpaired) electrons. The summed E-state index contributed by atoms with van der Waals surface area (Å²) in [6.45, 7) is 3.27. The number of carbonyl (C=O) groups excluding carboxylic acids is 7.